The van der Waals surface area contributed by atoms with Gasteiger partial charge in [-0.3, -0.25) is 4.90 Å². The first-order valence-corrected chi connectivity index (χ1v) is 5.86. The molecule has 1 aliphatic heterocycles. The van der Waals surface area contributed by atoms with E-state index in [1.807, 2.05) is 31.2 Å². The molecule has 1 unspecified atom stereocenters. The van der Waals surface area contributed by atoms with Crippen LogP contribution in [0.1, 0.15) is 12.5 Å². The number of rotatable bonds is 4. The molecular weight excluding hydrogens is 232 g/mol. The molecule has 1 aromatic carbocycles. The number of hydrogen-bond donors (Lipinski definition) is 1. The van der Waals surface area contributed by atoms with Gasteiger partial charge >= 0.3 is 6.09 Å². The fraction of sp³-hybridized carbons (Fsp3) is 0.462. The van der Waals surface area contributed by atoms with E-state index in [4.69, 9.17) is 15.2 Å². The summed E-state index contributed by atoms with van der Waals surface area (Å²) in [6, 6.07) is 7.61. The lowest BCUT2D eigenvalue weighted by Crippen LogP contribution is -2.49. The Morgan fingerprint density at radius 3 is 2.67 bits per heavy atom. The molecule has 98 valence electrons. The molecule has 5 nitrogen and oxygen atoms in total. The van der Waals surface area contributed by atoms with E-state index < -0.39 is 5.54 Å². The quantitative estimate of drug-likeness (QED) is 0.876. The maximum absolute atomic E-state index is 11.7. The number of ether oxygens (including phenoxy) is 2. The van der Waals surface area contributed by atoms with Crippen molar-refractivity contribution in [1.29, 1.82) is 0 Å². The molecule has 18 heavy (non-hydrogen) atoms. The van der Waals surface area contributed by atoms with Gasteiger partial charge < -0.3 is 15.2 Å². The average Bonchev–Trinajstić information content (AvgIpc) is 2.69. The Morgan fingerprint density at radius 2 is 2.11 bits per heavy atom. The summed E-state index contributed by atoms with van der Waals surface area (Å²) in [4.78, 5) is 13.4. The Labute approximate surface area is 106 Å². The molecule has 0 spiro atoms. The number of nitrogens with two attached hydrogens (primary N) is 1. The molecule has 2 N–H and O–H groups in total. The van der Waals surface area contributed by atoms with Crippen molar-refractivity contribution in [1.82, 2.24) is 4.90 Å². The summed E-state index contributed by atoms with van der Waals surface area (Å²) < 4.78 is 10.2. The Hall–Kier alpha value is -1.75. The second-order valence-electron chi connectivity index (χ2n) is 4.69. The molecule has 1 atom stereocenters. The molecule has 1 heterocycles. The van der Waals surface area contributed by atoms with Crippen molar-refractivity contribution in [2.75, 3.05) is 20.3 Å². The van der Waals surface area contributed by atoms with Gasteiger partial charge in [0, 0.05) is 13.1 Å². The zero-order valence-corrected chi connectivity index (χ0v) is 10.7. The van der Waals surface area contributed by atoms with Crippen molar-refractivity contribution in [2.45, 2.75) is 19.0 Å². The van der Waals surface area contributed by atoms with Crippen molar-refractivity contribution in [3.05, 3.63) is 29.8 Å². The lowest BCUT2D eigenvalue weighted by Gasteiger charge is -2.30. The third kappa shape index (κ3) is 2.26. The summed E-state index contributed by atoms with van der Waals surface area (Å²) >= 11 is 0. The van der Waals surface area contributed by atoms with E-state index >= 15 is 0 Å². The maximum Gasteiger partial charge on any atom is 0.410 e. The van der Waals surface area contributed by atoms with Crippen LogP contribution in [0.15, 0.2) is 24.3 Å². The number of methoxy groups -OCH3 is 1. The normalized spacial score (nSPS) is 23.1. The summed E-state index contributed by atoms with van der Waals surface area (Å²) in [6.07, 6.45) is -0.307. The minimum absolute atomic E-state index is 0.307. The van der Waals surface area contributed by atoms with Crippen molar-refractivity contribution in [3.8, 4) is 5.75 Å². The highest BCUT2D eigenvalue weighted by atomic mass is 16.6. The van der Waals surface area contributed by atoms with Gasteiger partial charge in [-0.15, -0.1) is 0 Å². The van der Waals surface area contributed by atoms with Crippen LogP contribution in [-0.2, 0) is 11.3 Å². The van der Waals surface area contributed by atoms with E-state index in [-0.39, 0.29) is 6.09 Å². The average molecular weight is 250 g/mol. The van der Waals surface area contributed by atoms with Crippen LogP contribution in [0, 0.1) is 0 Å². The molecule has 0 aliphatic carbocycles. The predicted octanol–water partition coefficient (Wildman–Crippen LogP) is 1.36. The molecule has 0 radical (unpaired) electrons. The molecule has 1 fully saturated rings. The van der Waals surface area contributed by atoms with Gasteiger partial charge in [0.2, 0.25) is 0 Å². The third-order valence-electron chi connectivity index (χ3n) is 3.32. The van der Waals surface area contributed by atoms with E-state index in [1.165, 1.54) is 0 Å². The van der Waals surface area contributed by atoms with E-state index in [2.05, 4.69) is 0 Å². The first kappa shape index (κ1) is 12.7. The van der Waals surface area contributed by atoms with Gasteiger partial charge in [0.15, 0.2) is 0 Å². The van der Waals surface area contributed by atoms with Crippen LogP contribution in [0.4, 0.5) is 4.79 Å². The number of carbonyl (C=O) groups excluding carboxylic acids is 1. The molecule has 0 aromatic heterocycles. The minimum Gasteiger partial charge on any atom is -0.497 e. The highest BCUT2D eigenvalue weighted by Gasteiger charge is 2.42. The topological polar surface area (TPSA) is 64.8 Å². The molecule has 2 rings (SSSR count). The fourth-order valence-corrected chi connectivity index (χ4v) is 1.93. The third-order valence-corrected chi connectivity index (χ3v) is 3.32. The molecular formula is C13H18N2O3. The van der Waals surface area contributed by atoms with Crippen LogP contribution in [0.3, 0.4) is 0 Å². The van der Waals surface area contributed by atoms with Crippen LogP contribution >= 0.6 is 0 Å². The van der Waals surface area contributed by atoms with Gasteiger partial charge in [0.25, 0.3) is 0 Å². The van der Waals surface area contributed by atoms with Gasteiger partial charge in [0.05, 0.1) is 12.6 Å². The van der Waals surface area contributed by atoms with Gasteiger partial charge in [-0.05, 0) is 24.6 Å². The first-order valence-electron chi connectivity index (χ1n) is 5.86. The predicted molar refractivity (Wildman–Crippen MR) is 67.3 cm³/mol. The number of nitrogens with zero attached hydrogens (tertiary/aromatic N) is 1. The number of hydrogen-bond acceptors (Lipinski definition) is 4. The zero-order chi connectivity index (χ0) is 13.2. The smallest absolute Gasteiger partial charge is 0.410 e. The van der Waals surface area contributed by atoms with Gasteiger partial charge in [-0.25, -0.2) is 4.79 Å². The molecule has 0 bridgehead atoms. The van der Waals surface area contributed by atoms with Gasteiger partial charge in [0.1, 0.15) is 12.4 Å². The molecule has 1 saturated heterocycles. The van der Waals surface area contributed by atoms with E-state index in [0.29, 0.717) is 19.7 Å². The van der Waals surface area contributed by atoms with E-state index in [9.17, 15) is 4.79 Å². The van der Waals surface area contributed by atoms with Crippen LogP contribution in [-0.4, -0.2) is 36.8 Å². The summed E-state index contributed by atoms with van der Waals surface area (Å²) in [5.74, 6) is 0.796. The highest BCUT2D eigenvalue weighted by molar-refractivity contribution is 5.71. The van der Waals surface area contributed by atoms with Gasteiger partial charge in [-0.1, -0.05) is 12.1 Å². The number of amides is 1. The van der Waals surface area contributed by atoms with Crippen LogP contribution in [0.2, 0.25) is 0 Å². The van der Waals surface area contributed by atoms with Crippen molar-refractivity contribution >= 4 is 6.09 Å². The zero-order valence-electron chi connectivity index (χ0n) is 10.7. The number of benzene rings is 1. The Balaban J connectivity index is 2.13. The Bertz CT molecular complexity index is 432. The maximum atomic E-state index is 11.7. The van der Waals surface area contributed by atoms with Crippen LogP contribution in [0.25, 0.3) is 0 Å². The van der Waals surface area contributed by atoms with Crippen molar-refractivity contribution in [2.24, 2.45) is 5.73 Å². The Morgan fingerprint density at radius 1 is 1.44 bits per heavy atom. The SMILES string of the molecule is COc1ccc(CN2C(=O)OCC2(C)CN)cc1. The van der Waals surface area contributed by atoms with Crippen molar-refractivity contribution < 1.29 is 14.3 Å². The highest BCUT2D eigenvalue weighted by Crippen LogP contribution is 2.25. The largest absolute Gasteiger partial charge is 0.497 e. The fourth-order valence-electron chi connectivity index (χ4n) is 1.93. The second-order valence-corrected chi connectivity index (χ2v) is 4.69. The van der Waals surface area contributed by atoms with E-state index in [1.54, 1.807) is 12.0 Å². The lowest BCUT2D eigenvalue weighted by atomic mass is 10.0. The summed E-state index contributed by atoms with van der Waals surface area (Å²) in [5.41, 5.74) is 6.33. The molecule has 1 aliphatic rings. The first-order chi connectivity index (χ1) is 8.59. The summed E-state index contributed by atoms with van der Waals surface area (Å²) in [6.45, 7) is 3.16. The number of carbonyl (C=O) groups is 1. The lowest BCUT2D eigenvalue weighted by molar-refractivity contribution is 0.151. The standard InChI is InChI=1S/C13H18N2O3/c1-13(8-14)9-18-12(16)15(13)7-10-3-5-11(17-2)6-4-10/h3-6H,7-9,14H2,1-2H3. The summed E-state index contributed by atoms with van der Waals surface area (Å²) in [7, 11) is 1.62. The molecule has 1 amide bonds. The summed E-state index contributed by atoms with van der Waals surface area (Å²) in [5, 5.41) is 0. The molecule has 1 aromatic rings. The van der Waals surface area contributed by atoms with Crippen LogP contribution < -0.4 is 10.5 Å². The van der Waals surface area contributed by atoms with Crippen molar-refractivity contribution in [3.63, 3.8) is 0 Å². The monoisotopic (exact) mass is 250 g/mol. The van der Waals surface area contributed by atoms with E-state index in [0.717, 1.165) is 11.3 Å². The number of cyclic esters (lactones) is 1. The Kier molecular flexibility index (Phi) is 3.43. The second kappa shape index (κ2) is 4.86. The molecule has 5 heteroatoms. The van der Waals surface area contributed by atoms with Gasteiger partial charge in [-0.2, -0.15) is 0 Å². The van der Waals surface area contributed by atoms with Crippen LogP contribution in [0.5, 0.6) is 5.75 Å². The minimum atomic E-state index is -0.420. The molecule has 0 saturated carbocycles.